The van der Waals surface area contributed by atoms with Gasteiger partial charge in [-0.3, -0.25) is 5.43 Å². The number of hydrogen-bond donors (Lipinski definition) is 1. The highest BCUT2D eigenvalue weighted by molar-refractivity contribution is 7.13. The number of aromatic nitrogens is 1. The molecule has 0 amide bonds. The second kappa shape index (κ2) is 4.06. The standard InChI is InChI=1S/C9H9N3OS/c1-7-2-3-8(13-7)6-11-12-9-10-4-5-14-9/h2-6H,1H3,(H,10,12)/b11-6-. The monoisotopic (exact) mass is 207 g/mol. The molecule has 0 aromatic carbocycles. The van der Waals surface area contributed by atoms with E-state index in [2.05, 4.69) is 15.5 Å². The Hall–Kier alpha value is -1.62. The SMILES string of the molecule is Cc1ccc(/C=N\Nc2nccs2)o1. The van der Waals surface area contributed by atoms with E-state index in [9.17, 15) is 0 Å². The highest BCUT2D eigenvalue weighted by Crippen LogP contribution is 2.10. The van der Waals surface area contributed by atoms with Gasteiger partial charge in [-0.1, -0.05) is 0 Å². The van der Waals surface area contributed by atoms with Crippen LogP contribution >= 0.6 is 11.3 Å². The van der Waals surface area contributed by atoms with E-state index in [1.54, 1.807) is 12.4 Å². The minimum atomic E-state index is 0.728. The number of nitrogens with zero attached hydrogens (tertiary/aromatic N) is 2. The lowest BCUT2D eigenvalue weighted by molar-refractivity contribution is 0.528. The van der Waals surface area contributed by atoms with Gasteiger partial charge < -0.3 is 4.42 Å². The van der Waals surface area contributed by atoms with E-state index >= 15 is 0 Å². The van der Waals surface area contributed by atoms with Crippen LogP contribution < -0.4 is 5.43 Å². The summed E-state index contributed by atoms with van der Waals surface area (Å²) in [6, 6.07) is 3.76. The predicted molar refractivity (Wildman–Crippen MR) is 56.8 cm³/mol. The molecule has 72 valence electrons. The van der Waals surface area contributed by atoms with Gasteiger partial charge >= 0.3 is 0 Å². The lowest BCUT2D eigenvalue weighted by Crippen LogP contribution is -1.87. The second-order valence-electron chi connectivity index (χ2n) is 2.66. The van der Waals surface area contributed by atoms with Crippen molar-refractivity contribution < 1.29 is 4.42 Å². The van der Waals surface area contributed by atoms with Crippen LogP contribution in [0.2, 0.25) is 0 Å². The zero-order chi connectivity index (χ0) is 9.80. The molecule has 0 saturated heterocycles. The fourth-order valence-electron chi connectivity index (χ4n) is 0.953. The molecule has 2 aromatic rings. The van der Waals surface area contributed by atoms with Gasteiger partial charge in [0.05, 0.1) is 6.21 Å². The van der Waals surface area contributed by atoms with Gasteiger partial charge in [-0.2, -0.15) is 5.10 Å². The first-order chi connectivity index (χ1) is 6.84. The number of rotatable bonds is 3. The Labute approximate surface area is 85.3 Å². The predicted octanol–water partition coefficient (Wildman–Crippen LogP) is 2.49. The Morgan fingerprint density at radius 3 is 3.14 bits per heavy atom. The Balaban J connectivity index is 1.95. The van der Waals surface area contributed by atoms with E-state index in [0.717, 1.165) is 16.7 Å². The zero-order valence-corrected chi connectivity index (χ0v) is 8.41. The van der Waals surface area contributed by atoms with Crippen molar-refractivity contribution in [3.63, 3.8) is 0 Å². The van der Waals surface area contributed by atoms with E-state index in [-0.39, 0.29) is 0 Å². The van der Waals surface area contributed by atoms with Gasteiger partial charge in [0.15, 0.2) is 0 Å². The maximum absolute atomic E-state index is 5.30. The van der Waals surface area contributed by atoms with Crippen LogP contribution in [0.25, 0.3) is 0 Å². The minimum Gasteiger partial charge on any atom is -0.460 e. The summed E-state index contributed by atoms with van der Waals surface area (Å²) < 4.78 is 5.30. The maximum atomic E-state index is 5.30. The number of anilines is 1. The van der Waals surface area contributed by atoms with E-state index in [1.807, 2.05) is 24.4 Å². The Morgan fingerprint density at radius 1 is 1.57 bits per heavy atom. The average molecular weight is 207 g/mol. The minimum absolute atomic E-state index is 0.728. The van der Waals surface area contributed by atoms with Crippen molar-refractivity contribution in [2.45, 2.75) is 6.92 Å². The zero-order valence-electron chi connectivity index (χ0n) is 7.60. The molecular formula is C9H9N3OS. The molecule has 1 N–H and O–H groups in total. The molecule has 4 nitrogen and oxygen atoms in total. The topological polar surface area (TPSA) is 50.4 Å². The van der Waals surface area contributed by atoms with Gasteiger partial charge in [0.2, 0.25) is 5.13 Å². The van der Waals surface area contributed by atoms with E-state index in [4.69, 9.17) is 4.42 Å². The smallest absolute Gasteiger partial charge is 0.203 e. The van der Waals surface area contributed by atoms with Crippen LogP contribution in [0.5, 0.6) is 0 Å². The van der Waals surface area contributed by atoms with Gasteiger partial charge in [-0.15, -0.1) is 11.3 Å². The number of hydrazone groups is 1. The van der Waals surface area contributed by atoms with Crippen LogP contribution in [-0.4, -0.2) is 11.2 Å². The third-order valence-corrected chi connectivity index (χ3v) is 2.22. The summed E-state index contributed by atoms with van der Waals surface area (Å²) in [6.07, 6.45) is 3.34. The summed E-state index contributed by atoms with van der Waals surface area (Å²) in [6.45, 7) is 1.89. The fraction of sp³-hybridized carbons (Fsp3) is 0.111. The van der Waals surface area contributed by atoms with Gasteiger partial charge in [-0.05, 0) is 19.1 Å². The second-order valence-corrected chi connectivity index (χ2v) is 3.55. The van der Waals surface area contributed by atoms with Crippen molar-refractivity contribution in [1.82, 2.24) is 4.98 Å². The number of aryl methyl sites for hydroxylation is 1. The molecule has 0 aliphatic heterocycles. The van der Waals surface area contributed by atoms with Crippen LogP contribution in [0.4, 0.5) is 5.13 Å². The Bertz CT molecular complexity index is 419. The third kappa shape index (κ3) is 2.20. The molecule has 0 saturated carbocycles. The summed E-state index contributed by atoms with van der Waals surface area (Å²) in [7, 11) is 0. The Morgan fingerprint density at radius 2 is 2.50 bits per heavy atom. The normalized spacial score (nSPS) is 10.9. The summed E-state index contributed by atoms with van der Waals surface area (Å²) >= 11 is 1.50. The van der Waals surface area contributed by atoms with Crippen LogP contribution in [-0.2, 0) is 0 Å². The van der Waals surface area contributed by atoms with Gasteiger partial charge in [0, 0.05) is 11.6 Å². The van der Waals surface area contributed by atoms with Crippen LogP contribution in [0.3, 0.4) is 0 Å². The van der Waals surface area contributed by atoms with Crippen molar-refractivity contribution in [1.29, 1.82) is 0 Å². The highest BCUT2D eigenvalue weighted by atomic mass is 32.1. The van der Waals surface area contributed by atoms with E-state index in [0.29, 0.717) is 0 Å². The molecule has 0 aliphatic carbocycles. The quantitative estimate of drug-likeness (QED) is 0.621. The molecule has 2 aromatic heterocycles. The first kappa shape index (κ1) is 8.96. The molecule has 5 heteroatoms. The summed E-state index contributed by atoms with van der Waals surface area (Å²) in [5.41, 5.74) is 2.80. The molecule has 0 bridgehead atoms. The molecule has 0 unspecified atom stereocenters. The maximum Gasteiger partial charge on any atom is 0.203 e. The lowest BCUT2D eigenvalue weighted by atomic mass is 10.4. The van der Waals surface area contributed by atoms with Crippen molar-refractivity contribution in [3.05, 3.63) is 35.2 Å². The van der Waals surface area contributed by atoms with Crippen LogP contribution in [0, 0.1) is 6.92 Å². The molecule has 0 aliphatic rings. The first-order valence-corrected chi connectivity index (χ1v) is 4.97. The van der Waals surface area contributed by atoms with Crippen molar-refractivity contribution in [2.24, 2.45) is 5.10 Å². The molecule has 2 rings (SSSR count). The van der Waals surface area contributed by atoms with Crippen LogP contribution in [0.15, 0.2) is 33.2 Å². The van der Waals surface area contributed by atoms with Gasteiger partial charge in [0.1, 0.15) is 11.5 Å². The molecule has 14 heavy (non-hydrogen) atoms. The molecule has 0 atom stereocenters. The summed E-state index contributed by atoms with van der Waals surface area (Å²) in [4.78, 5) is 4.02. The number of hydrogen-bond acceptors (Lipinski definition) is 5. The number of thiazole rings is 1. The van der Waals surface area contributed by atoms with E-state index in [1.165, 1.54) is 11.3 Å². The summed E-state index contributed by atoms with van der Waals surface area (Å²) in [5, 5.41) is 6.63. The lowest BCUT2D eigenvalue weighted by Gasteiger charge is -1.90. The van der Waals surface area contributed by atoms with E-state index < -0.39 is 0 Å². The molecular weight excluding hydrogens is 198 g/mol. The fourth-order valence-corrected chi connectivity index (χ4v) is 1.43. The van der Waals surface area contributed by atoms with Crippen molar-refractivity contribution in [2.75, 3.05) is 5.43 Å². The molecule has 0 fully saturated rings. The van der Waals surface area contributed by atoms with Crippen molar-refractivity contribution >= 4 is 22.7 Å². The van der Waals surface area contributed by atoms with Gasteiger partial charge in [0.25, 0.3) is 0 Å². The molecule has 0 spiro atoms. The van der Waals surface area contributed by atoms with Crippen molar-refractivity contribution in [3.8, 4) is 0 Å². The number of furan rings is 1. The average Bonchev–Trinajstić information content (AvgIpc) is 2.77. The molecule has 2 heterocycles. The van der Waals surface area contributed by atoms with Crippen LogP contribution in [0.1, 0.15) is 11.5 Å². The first-order valence-electron chi connectivity index (χ1n) is 4.09. The largest absolute Gasteiger partial charge is 0.460 e. The highest BCUT2D eigenvalue weighted by Gasteiger charge is 1.93. The molecule has 0 radical (unpaired) electrons. The van der Waals surface area contributed by atoms with Gasteiger partial charge in [-0.25, -0.2) is 4.98 Å². The number of nitrogens with one attached hydrogen (secondary N) is 1. The summed E-state index contributed by atoms with van der Waals surface area (Å²) in [5.74, 6) is 1.60. The third-order valence-electron chi connectivity index (χ3n) is 1.55. The Kier molecular flexibility index (Phi) is 2.60.